The number of carbonyl (C=O) groups is 1. The second-order valence-electron chi connectivity index (χ2n) is 5.47. The van der Waals surface area contributed by atoms with Gasteiger partial charge in [0.2, 0.25) is 0 Å². The van der Waals surface area contributed by atoms with Gasteiger partial charge in [0.25, 0.3) is 0 Å². The van der Waals surface area contributed by atoms with Gasteiger partial charge < -0.3 is 10.6 Å². The zero-order valence-corrected chi connectivity index (χ0v) is 15.2. The van der Waals surface area contributed by atoms with Crippen molar-refractivity contribution in [3.05, 3.63) is 45.4 Å². The summed E-state index contributed by atoms with van der Waals surface area (Å²) in [5, 5.41) is 9.97. The molecule has 3 aromatic rings. The van der Waals surface area contributed by atoms with Crippen LogP contribution in [0.15, 0.2) is 29.6 Å². The topological polar surface area (TPSA) is 66.9 Å². The molecule has 5 nitrogen and oxygen atoms in total. The highest BCUT2D eigenvalue weighted by Gasteiger charge is 2.04. The maximum absolute atomic E-state index is 11.7. The number of rotatable bonds is 7. The summed E-state index contributed by atoms with van der Waals surface area (Å²) in [5.74, 6) is 0. The van der Waals surface area contributed by atoms with E-state index in [4.69, 9.17) is 0 Å². The lowest BCUT2D eigenvalue weighted by molar-refractivity contribution is 0.241. The van der Waals surface area contributed by atoms with Crippen LogP contribution in [0.5, 0.6) is 0 Å². The molecule has 1 aromatic carbocycles. The van der Waals surface area contributed by atoms with E-state index in [1.807, 2.05) is 30.5 Å². The van der Waals surface area contributed by atoms with Gasteiger partial charge in [0, 0.05) is 31.3 Å². The first-order valence-electron chi connectivity index (χ1n) is 7.98. The predicted octanol–water partition coefficient (Wildman–Crippen LogP) is 3.54. The zero-order valence-electron chi connectivity index (χ0n) is 13.5. The molecule has 0 radical (unpaired) electrons. The van der Waals surface area contributed by atoms with Crippen LogP contribution in [0.4, 0.5) is 4.79 Å². The number of aromatic nitrogens is 2. The lowest BCUT2D eigenvalue weighted by Crippen LogP contribution is -2.37. The predicted molar refractivity (Wildman–Crippen MR) is 99.9 cm³/mol. The number of nitrogens with zero attached hydrogens (tertiary/aromatic N) is 2. The van der Waals surface area contributed by atoms with Gasteiger partial charge in [-0.25, -0.2) is 14.8 Å². The molecule has 0 bridgehead atoms. The number of urea groups is 1. The van der Waals surface area contributed by atoms with Crippen molar-refractivity contribution in [1.29, 1.82) is 0 Å². The van der Waals surface area contributed by atoms with Crippen molar-refractivity contribution >= 4 is 38.9 Å². The normalized spacial score (nSPS) is 10.9. The van der Waals surface area contributed by atoms with E-state index >= 15 is 0 Å². The molecule has 0 aliphatic heterocycles. The van der Waals surface area contributed by atoms with Crippen LogP contribution >= 0.6 is 22.7 Å². The fourth-order valence-corrected chi connectivity index (χ4v) is 4.01. The monoisotopic (exact) mass is 360 g/mol. The minimum absolute atomic E-state index is 0.119. The summed E-state index contributed by atoms with van der Waals surface area (Å²) in [6.45, 7) is 3.24. The fraction of sp³-hybridized carbons (Fsp3) is 0.353. The van der Waals surface area contributed by atoms with Crippen LogP contribution in [-0.2, 0) is 12.8 Å². The first kappa shape index (κ1) is 16.9. The number of amides is 2. The Morgan fingerprint density at radius 2 is 1.96 bits per heavy atom. The average molecular weight is 361 g/mol. The highest BCUT2D eigenvalue weighted by atomic mass is 32.1. The van der Waals surface area contributed by atoms with Crippen LogP contribution in [0.1, 0.15) is 22.1 Å². The number of nitrogens with one attached hydrogen (secondary N) is 2. The van der Waals surface area contributed by atoms with E-state index in [-0.39, 0.29) is 6.03 Å². The summed E-state index contributed by atoms with van der Waals surface area (Å²) < 4.78 is 1.22. The minimum Gasteiger partial charge on any atom is -0.338 e. The van der Waals surface area contributed by atoms with Gasteiger partial charge in [-0.2, -0.15) is 0 Å². The van der Waals surface area contributed by atoms with E-state index in [2.05, 4.69) is 26.7 Å². The van der Waals surface area contributed by atoms with Gasteiger partial charge in [-0.15, -0.1) is 22.7 Å². The molecule has 0 saturated heterocycles. The fourth-order valence-electron chi connectivity index (χ4n) is 2.36. The number of thiazole rings is 2. The lowest BCUT2D eigenvalue weighted by atomic mass is 10.3. The number of para-hydroxylation sites is 1. The number of carbonyl (C=O) groups excluding carboxylic acids is 1. The van der Waals surface area contributed by atoms with Gasteiger partial charge in [-0.3, -0.25) is 0 Å². The van der Waals surface area contributed by atoms with Gasteiger partial charge in [-0.05, 0) is 25.5 Å². The van der Waals surface area contributed by atoms with E-state index in [1.165, 1.54) is 4.70 Å². The van der Waals surface area contributed by atoms with Crippen molar-refractivity contribution in [2.45, 2.75) is 26.2 Å². The van der Waals surface area contributed by atoms with Crippen LogP contribution in [0.25, 0.3) is 10.2 Å². The molecule has 0 saturated carbocycles. The summed E-state index contributed by atoms with van der Waals surface area (Å²) in [6, 6.07) is 8.04. The first-order chi connectivity index (χ1) is 11.7. The number of hydrogen-bond donors (Lipinski definition) is 2. The van der Waals surface area contributed by atoms with Crippen LogP contribution in [0, 0.1) is 6.92 Å². The molecule has 0 aliphatic carbocycles. The largest absolute Gasteiger partial charge is 0.338 e. The molecule has 0 unspecified atom stereocenters. The molecule has 2 N–H and O–H groups in total. The summed E-state index contributed by atoms with van der Waals surface area (Å²) in [5.41, 5.74) is 2.09. The average Bonchev–Trinajstić information content (AvgIpc) is 3.17. The van der Waals surface area contributed by atoms with Crippen molar-refractivity contribution in [2.75, 3.05) is 13.1 Å². The Balaban J connectivity index is 1.31. The summed E-state index contributed by atoms with van der Waals surface area (Å²) >= 11 is 3.36. The maximum Gasteiger partial charge on any atom is 0.314 e. The highest BCUT2D eigenvalue weighted by molar-refractivity contribution is 7.18. The van der Waals surface area contributed by atoms with Gasteiger partial charge in [0.05, 0.1) is 25.9 Å². The molecule has 7 heteroatoms. The quantitative estimate of drug-likeness (QED) is 0.633. The number of fused-ring (bicyclic) bond motifs is 1. The Hall–Kier alpha value is -1.99. The third-order valence-corrected chi connectivity index (χ3v) is 5.44. The smallest absolute Gasteiger partial charge is 0.314 e. The van der Waals surface area contributed by atoms with Crippen molar-refractivity contribution in [2.24, 2.45) is 0 Å². The van der Waals surface area contributed by atoms with E-state index < -0.39 is 0 Å². The summed E-state index contributed by atoms with van der Waals surface area (Å²) in [6.07, 6.45) is 2.54. The third-order valence-electron chi connectivity index (χ3n) is 3.52. The second kappa shape index (κ2) is 8.21. The Kier molecular flexibility index (Phi) is 5.77. The van der Waals surface area contributed by atoms with Gasteiger partial charge in [0.1, 0.15) is 0 Å². The molecule has 0 spiro atoms. The Morgan fingerprint density at radius 3 is 2.75 bits per heavy atom. The van der Waals surface area contributed by atoms with Gasteiger partial charge in [0.15, 0.2) is 0 Å². The van der Waals surface area contributed by atoms with Crippen molar-refractivity contribution < 1.29 is 4.79 Å². The highest BCUT2D eigenvalue weighted by Crippen LogP contribution is 2.22. The molecule has 126 valence electrons. The SMILES string of the molecule is Cc1nc(CCNC(=O)NCCCc2nc3ccccc3s2)cs1. The standard InChI is InChI=1S/C17H20N4OS2/c1-12-20-13(11-23-12)8-10-19-17(22)18-9-4-7-16-21-14-5-2-3-6-15(14)24-16/h2-3,5-6,11H,4,7-10H2,1H3,(H2,18,19,22). The molecule has 0 fully saturated rings. The molecule has 0 aliphatic rings. The van der Waals surface area contributed by atoms with Crippen LogP contribution in [0.3, 0.4) is 0 Å². The van der Waals surface area contributed by atoms with E-state index in [1.54, 1.807) is 22.7 Å². The first-order valence-corrected chi connectivity index (χ1v) is 9.67. The minimum atomic E-state index is -0.119. The van der Waals surface area contributed by atoms with Crippen molar-refractivity contribution in [3.63, 3.8) is 0 Å². The van der Waals surface area contributed by atoms with Crippen LogP contribution in [0.2, 0.25) is 0 Å². The van der Waals surface area contributed by atoms with Crippen molar-refractivity contribution in [1.82, 2.24) is 20.6 Å². The van der Waals surface area contributed by atoms with Gasteiger partial charge >= 0.3 is 6.03 Å². The Labute approximate surface area is 149 Å². The molecule has 2 aromatic heterocycles. The number of hydrogen-bond acceptors (Lipinski definition) is 5. The molecule has 0 atom stereocenters. The van der Waals surface area contributed by atoms with E-state index in [0.717, 1.165) is 40.5 Å². The molecule has 24 heavy (non-hydrogen) atoms. The second-order valence-corrected chi connectivity index (χ2v) is 7.65. The maximum atomic E-state index is 11.7. The van der Waals surface area contributed by atoms with E-state index in [9.17, 15) is 4.79 Å². The lowest BCUT2D eigenvalue weighted by Gasteiger charge is -2.06. The number of benzene rings is 1. The molecular formula is C17H20N4OS2. The van der Waals surface area contributed by atoms with E-state index in [0.29, 0.717) is 13.1 Å². The Bertz CT molecular complexity index is 779. The summed E-state index contributed by atoms with van der Waals surface area (Å²) in [7, 11) is 0. The molecule has 3 rings (SSSR count). The molecule has 2 amide bonds. The van der Waals surface area contributed by atoms with Gasteiger partial charge in [-0.1, -0.05) is 12.1 Å². The molecular weight excluding hydrogens is 340 g/mol. The number of aryl methyl sites for hydroxylation is 2. The van der Waals surface area contributed by atoms with Crippen LogP contribution < -0.4 is 10.6 Å². The van der Waals surface area contributed by atoms with Crippen molar-refractivity contribution in [3.8, 4) is 0 Å². The third kappa shape index (κ3) is 4.75. The Morgan fingerprint density at radius 1 is 1.12 bits per heavy atom. The zero-order chi connectivity index (χ0) is 16.8. The van der Waals surface area contributed by atoms with Crippen LogP contribution in [-0.4, -0.2) is 29.1 Å². The summed E-state index contributed by atoms with van der Waals surface area (Å²) in [4.78, 5) is 20.7. The molecule has 2 heterocycles.